The first-order valence-electron chi connectivity index (χ1n) is 6.93. The summed E-state index contributed by atoms with van der Waals surface area (Å²) in [4.78, 5) is 25.4. The highest BCUT2D eigenvalue weighted by Crippen LogP contribution is 2.32. The lowest BCUT2D eigenvalue weighted by Crippen LogP contribution is -2.42. The lowest BCUT2D eigenvalue weighted by molar-refractivity contribution is -0.149. The molecule has 1 N–H and O–H groups in total. The van der Waals surface area contributed by atoms with Crippen molar-refractivity contribution >= 4 is 17.6 Å². The zero-order valence-electron chi connectivity index (χ0n) is 12.2. The van der Waals surface area contributed by atoms with E-state index >= 15 is 0 Å². The highest BCUT2D eigenvalue weighted by Gasteiger charge is 2.34. The number of carboxylic acid groups (broad SMARTS) is 1. The monoisotopic (exact) mass is 275 g/mol. The van der Waals surface area contributed by atoms with Crippen molar-refractivity contribution in [3.63, 3.8) is 0 Å². The third-order valence-corrected chi connectivity index (χ3v) is 3.82. The van der Waals surface area contributed by atoms with Gasteiger partial charge in [0, 0.05) is 18.7 Å². The van der Waals surface area contributed by atoms with Crippen molar-refractivity contribution in [3.05, 3.63) is 29.8 Å². The van der Waals surface area contributed by atoms with Crippen LogP contribution in [0.5, 0.6) is 0 Å². The quantitative estimate of drug-likeness (QED) is 0.922. The fourth-order valence-corrected chi connectivity index (χ4v) is 2.58. The zero-order valence-corrected chi connectivity index (χ0v) is 12.2. The van der Waals surface area contributed by atoms with Crippen LogP contribution in [-0.2, 0) is 16.0 Å². The second kappa shape index (κ2) is 5.27. The van der Waals surface area contributed by atoms with E-state index in [1.54, 1.807) is 18.7 Å². The van der Waals surface area contributed by atoms with Crippen LogP contribution in [0.15, 0.2) is 24.3 Å². The molecule has 0 saturated carbocycles. The fraction of sp³-hybridized carbons (Fsp3) is 0.500. The zero-order chi connectivity index (χ0) is 14.9. The SMILES string of the molecule is CC1Cc2ccccc2N(C(=O)CC(C)(C)C(=O)O)C1. The van der Waals surface area contributed by atoms with Gasteiger partial charge in [0.05, 0.1) is 5.41 Å². The Balaban J connectivity index is 2.25. The topological polar surface area (TPSA) is 57.6 Å². The number of hydrogen-bond donors (Lipinski definition) is 1. The number of para-hydroxylation sites is 1. The fourth-order valence-electron chi connectivity index (χ4n) is 2.58. The van der Waals surface area contributed by atoms with Crippen LogP contribution in [0.4, 0.5) is 5.69 Å². The standard InChI is InChI=1S/C16H21NO3/c1-11-8-12-6-4-5-7-13(12)17(10-11)14(18)9-16(2,3)15(19)20/h4-7,11H,8-10H2,1-3H3,(H,19,20). The number of benzene rings is 1. The van der Waals surface area contributed by atoms with Crippen LogP contribution in [0.3, 0.4) is 0 Å². The summed E-state index contributed by atoms with van der Waals surface area (Å²) in [5, 5.41) is 9.17. The Morgan fingerprint density at radius 3 is 2.65 bits per heavy atom. The Bertz CT molecular complexity index is 536. The number of carboxylic acids is 1. The van der Waals surface area contributed by atoms with Crippen molar-refractivity contribution in [3.8, 4) is 0 Å². The third-order valence-electron chi connectivity index (χ3n) is 3.82. The molecule has 0 fully saturated rings. The highest BCUT2D eigenvalue weighted by molar-refractivity contribution is 5.97. The number of carbonyl (C=O) groups is 2. The molecule has 2 rings (SSSR count). The van der Waals surface area contributed by atoms with Gasteiger partial charge in [0.25, 0.3) is 0 Å². The van der Waals surface area contributed by atoms with Gasteiger partial charge in [0.15, 0.2) is 0 Å². The van der Waals surface area contributed by atoms with Crippen LogP contribution in [-0.4, -0.2) is 23.5 Å². The molecule has 0 aliphatic carbocycles. The number of nitrogens with zero attached hydrogens (tertiary/aromatic N) is 1. The normalized spacial score (nSPS) is 18.6. The average Bonchev–Trinajstić information content (AvgIpc) is 2.36. The molecule has 0 bridgehead atoms. The van der Waals surface area contributed by atoms with Crippen molar-refractivity contribution in [1.29, 1.82) is 0 Å². The van der Waals surface area contributed by atoms with Gasteiger partial charge in [-0.3, -0.25) is 9.59 Å². The summed E-state index contributed by atoms with van der Waals surface area (Å²) in [6.45, 7) is 5.95. The number of anilines is 1. The van der Waals surface area contributed by atoms with Gasteiger partial charge in [-0.15, -0.1) is 0 Å². The molecule has 4 nitrogen and oxygen atoms in total. The minimum absolute atomic E-state index is 0.0172. The summed E-state index contributed by atoms with van der Waals surface area (Å²) >= 11 is 0. The maximum atomic E-state index is 12.5. The largest absolute Gasteiger partial charge is 0.481 e. The molecule has 1 aliphatic heterocycles. The smallest absolute Gasteiger partial charge is 0.309 e. The van der Waals surface area contributed by atoms with Crippen LogP contribution in [0.1, 0.15) is 32.8 Å². The van der Waals surface area contributed by atoms with Gasteiger partial charge in [-0.05, 0) is 37.8 Å². The molecular formula is C16H21NO3. The van der Waals surface area contributed by atoms with Crippen LogP contribution in [0, 0.1) is 11.3 Å². The van der Waals surface area contributed by atoms with E-state index in [-0.39, 0.29) is 12.3 Å². The molecule has 1 aliphatic rings. The molecule has 0 spiro atoms. The van der Waals surface area contributed by atoms with E-state index in [9.17, 15) is 9.59 Å². The molecule has 1 aromatic rings. The first-order valence-corrected chi connectivity index (χ1v) is 6.93. The Kier molecular flexibility index (Phi) is 3.84. The molecule has 0 saturated heterocycles. The van der Waals surface area contributed by atoms with E-state index in [0.29, 0.717) is 12.5 Å². The van der Waals surface area contributed by atoms with Gasteiger partial charge in [-0.2, -0.15) is 0 Å². The van der Waals surface area contributed by atoms with Crippen molar-refractivity contribution in [2.24, 2.45) is 11.3 Å². The maximum Gasteiger partial charge on any atom is 0.309 e. The van der Waals surface area contributed by atoms with Crippen LogP contribution in [0.25, 0.3) is 0 Å². The van der Waals surface area contributed by atoms with E-state index in [1.165, 1.54) is 0 Å². The van der Waals surface area contributed by atoms with Gasteiger partial charge < -0.3 is 10.0 Å². The van der Waals surface area contributed by atoms with Crippen LogP contribution in [0.2, 0.25) is 0 Å². The molecule has 0 aromatic heterocycles. The molecule has 4 heteroatoms. The van der Waals surface area contributed by atoms with Crippen LogP contribution < -0.4 is 4.90 Å². The third kappa shape index (κ3) is 2.84. The highest BCUT2D eigenvalue weighted by atomic mass is 16.4. The molecule has 1 unspecified atom stereocenters. The summed E-state index contributed by atoms with van der Waals surface area (Å²) in [6, 6.07) is 7.86. The minimum Gasteiger partial charge on any atom is -0.481 e. The van der Waals surface area contributed by atoms with E-state index < -0.39 is 11.4 Å². The van der Waals surface area contributed by atoms with Gasteiger partial charge >= 0.3 is 5.97 Å². The van der Waals surface area contributed by atoms with Crippen molar-refractivity contribution in [2.75, 3.05) is 11.4 Å². The van der Waals surface area contributed by atoms with Gasteiger partial charge in [0.1, 0.15) is 0 Å². The summed E-state index contributed by atoms with van der Waals surface area (Å²) in [5.41, 5.74) is 1.05. The molecule has 108 valence electrons. The summed E-state index contributed by atoms with van der Waals surface area (Å²) in [7, 11) is 0. The first-order chi connectivity index (χ1) is 9.31. The minimum atomic E-state index is -1.04. The maximum absolute atomic E-state index is 12.5. The summed E-state index contributed by atoms with van der Waals surface area (Å²) in [5.74, 6) is -0.664. The lowest BCUT2D eigenvalue weighted by Gasteiger charge is -2.34. The van der Waals surface area contributed by atoms with Crippen molar-refractivity contribution in [2.45, 2.75) is 33.6 Å². The van der Waals surface area contributed by atoms with Crippen molar-refractivity contribution < 1.29 is 14.7 Å². The summed E-state index contributed by atoms with van der Waals surface area (Å²) < 4.78 is 0. The van der Waals surface area contributed by atoms with E-state index in [4.69, 9.17) is 5.11 Å². The van der Waals surface area contributed by atoms with Gasteiger partial charge in [-0.25, -0.2) is 0 Å². The van der Waals surface area contributed by atoms with E-state index in [2.05, 4.69) is 6.92 Å². The van der Waals surface area contributed by atoms with Gasteiger partial charge in [0.2, 0.25) is 5.91 Å². The second-order valence-corrected chi connectivity index (χ2v) is 6.31. The molecule has 1 aromatic carbocycles. The lowest BCUT2D eigenvalue weighted by atomic mass is 9.87. The number of fused-ring (bicyclic) bond motifs is 1. The number of aliphatic carboxylic acids is 1. The Labute approximate surface area is 119 Å². The summed E-state index contributed by atoms with van der Waals surface area (Å²) in [6.07, 6.45) is 0.978. The Morgan fingerprint density at radius 1 is 1.35 bits per heavy atom. The number of carbonyl (C=O) groups excluding carboxylic acids is 1. The van der Waals surface area contributed by atoms with E-state index in [1.807, 2.05) is 24.3 Å². The first kappa shape index (κ1) is 14.6. The molecule has 1 heterocycles. The Morgan fingerprint density at radius 2 is 2.00 bits per heavy atom. The van der Waals surface area contributed by atoms with Crippen molar-refractivity contribution in [1.82, 2.24) is 0 Å². The second-order valence-electron chi connectivity index (χ2n) is 6.31. The molecule has 20 heavy (non-hydrogen) atoms. The Hall–Kier alpha value is -1.84. The molecule has 1 amide bonds. The predicted octanol–water partition coefficient (Wildman–Crippen LogP) is 2.71. The molecule has 1 atom stereocenters. The number of amides is 1. The molecular weight excluding hydrogens is 254 g/mol. The number of hydrogen-bond acceptors (Lipinski definition) is 2. The molecule has 0 radical (unpaired) electrons. The van der Waals surface area contributed by atoms with Crippen LogP contribution >= 0.6 is 0 Å². The predicted molar refractivity (Wildman–Crippen MR) is 77.7 cm³/mol. The number of rotatable bonds is 3. The van der Waals surface area contributed by atoms with Gasteiger partial charge in [-0.1, -0.05) is 25.1 Å². The van der Waals surface area contributed by atoms with E-state index in [0.717, 1.165) is 17.7 Å². The average molecular weight is 275 g/mol.